The zero-order chi connectivity index (χ0) is 11.4. The predicted octanol–water partition coefficient (Wildman–Crippen LogP) is 2.66. The van der Waals surface area contributed by atoms with Gasteiger partial charge in [0.05, 0.1) is 0 Å². The number of hydrogen-bond donors (Lipinski definition) is 0. The lowest BCUT2D eigenvalue weighted by Crippen LogP contribution is -2.36. The van der Waals surface area contributed by atoms with E-state index in [0.717, 1.165) is 32.2 Å². The molecule has 1 aliphatic heterocycles. The first-order valence-electron chi connectivity index (χ1n) is 6.05. The van der Waals surface area contributed by atoms with Crippen molar-refractivity contribution in [2.24, 2.45) is 5.92 Å². The molecule has 16 heavy (non-hydrogen) atoms. The van der Waals surface area contributed by atoms with Crippen LogP contribution in [-0.4, -0.2) is 24.3 Å². The van der Waals surface area contributed by atoms with E-state index in [1.165, 1.54) is 5.56 Å². The molecule has 0 bridgehead atoms. The van der Waals surface area contributed by atoms with E-state index in [1.807, 2.05) is 0 Å². The van der Waals surface area contributed by atoms with Crippen LogP contribution in [0.5, 0.6) is 0 Å². The molecule has 2 nitrogen and oxygen atoms in total. The molecule has 1 aromatic carbocycles. The lowest BCUT2D eigenvalue weighted by atomic mass is 9.96. The predicted molar refractivity (Wildman–Crippen MR) is 65.2 cm³/mol. The van der Waals surface area contributed by atoms with E-state index in [-0.39, 0.29) is 0 Å². The molecule has 0 radical (unpaired) electrons. The zero-order valence-corrected chi connectivity index (χ0v) is 9.80. The minimum Gasteiger partial charge on any atom is -0.303 e. The Kier molecular flexibility index (Phi) is 3.73. The first-order chi connectivity index (χ1) is 7.81. The number of hydrogen-bond acceptors (Lipinski definition) is 2. The Labute approximate surface area is 97.3 Å². The second-order valence-corrected chi connectivity index (χ2v) is 4.60. The quantitative estimate of drug-likeness (QED) is 0.725. The summed E-state index contributed by atoms with van der Waals surface area (Å²) in [6.07, 6.45) is 3.14. The van der Waals surface area contributed by atoms with E-state index in [9.17, 15) is 4.79 Å². The summed E-state index contributed by atoms with van der Waals surface area (Å²) >= 11 is 0. The number of rotatable bonds is 3. The van der Waals surface area contributed by atoms with Gasteiger partial charge in [-0.2, -0.15) is 0 Å². The van der Waals surface area contributed by atoms with Gasteiger partial charge in [0.2, 0.25) is 0 Å². The molecule has 1 heterocycles. The Morgan fingerprint density at radius 1 is 1.25 bits per heavy atom. The van der Waals surface area contributed by atoms with Crippen molar-refractivity contribution in [3.05, 3.63) is 35.9 Å². The highest BCUT2D eigenvalue weighted by Crippen LogP contribution is 2.25. The van der Waals surface area contributed by atoms with E-state index in [4.69, 9.17) is 0 Å². The smallest absolute Gasteiger partial charge is 0.123 e. The van der Waals surface area contributed by atoms with Crippen molar-refractivity contribution in [1.29, 1.82) is 0 Å². The van der Waals surface area contributed by atoms with Crippen molar-refractivity contribution in [2.45, 2.75) is 25.8 Å². The fourth-order valence-electron chi connectivity index (χ4n) is 2.39. The molecule has 1 aliphatic rings. The Bertz CT molecular complexity index is 328. The maximum Gasteiger partial charge on any atom is 0.123 e. The Balaban J connectivity index is 1.96. The molecule has 2 heteroatoms. The first kappa shape index (κ1) is 11.3. The molecule has 1 aromatic rings. The summed E-state index contributed by atoms with van der Waals surface area (Å²) in [6, 6.07) is 11.0. The number of carbonyl (C=O) groups excluding carboxylic acids is 1. The largest absolute Gasteiger partial charge is 0.303 e. The number of benzene rings is 1. The molecule has 86 valence electrons. The second kappa shape index (κ2) is 5.26. The molecule has 2 rings (SSSR count). The lowest BCUT2D eigenvalue weighted by Gasteiger charge is -2.34. The average Bonchev–Trinajstić information content (AvgIpc) is 2.39. The average molecular weight is 217 g/mol. The van der Waals surface area contributed by atoms with E-state index < -0.39 is 0 Å². The van der Waals surface area contributed by atoms with Crippen LogP contribution < -0.4 is 0 Å². The Morgan fingerprint density at radius 2 is 1.88 bits per heavy atom. The summed E-state index contributed by atoms with van der Waals surface area (Å²) < 4.78 is 0. The number of carbonyl (C=O) groups is 1. The van der Waals surface area contributed by atoms with Gasteiger partial charge in [-0.05, 0) is 38.4 Å². The molecule has 0 aliphatic carbocycles. The van der Waals surface area contributed by atoms with Crippen LogP contribution in [0.25, 0.3) is 0 Å². The highest BCUT2D eigenvalue weighted by molar-refractivity contribution is 5.53. The molecule has 0 spiro atoms. The van der Waals surface area contributed by atoms with Gasteiger partial charge in [0.25, 0.3) is 0 Å². The van der Waals surface area contributed by atoms with Crippen LogP contribution in [0.2, 0.25) is 0 Å². The molecule has 0 N–H and O–H groups in total. The van der Waals surface area contributed by atoms with Gasteiger partial charge < -0.3 is 4.79 Å². The van der Waals surface area contributed by atoms with Crippen molar-refractivity contribution >= 4 is 6.29 Å². The molecular weight excluding hydrogens is 198 g/mol. The summed E-state index contributed by atoms with van der Waals surface area (Å²) in [6.45, 7) is 4.33. The normalized spacial score (nSPS) is 20.6. The van der Waals surface area contributed by atoms with Crippen LogP contribution in [0.4, 0.5) is 0 Å². The summed E-state index contributed by atoms with van der Waals surface area (Å²) in [5, 5.41) is 0. The number of likely N-dealkylation sites (tertiary alicyclic amines) is 1. The topological polar surface area (TPSA) is 20.3 Å². The lowest BCUT2D eigenvalue weighted by molar-refractivity contribution is -0.112. The van der Waals surface area contributed by atoms with Crippen molar-refractivity contribution in [3.63, 3.8) is 0 Å². The van der Waals surface area contributed by atoms with Crippen LogP contribution in [0.1, 0.15) is 31.4 Å². The SMILES string of the molecule is CC(c1ccccc1)N1CCC(C=O)CC1. The fourth-order valence-corrected chi connectivity index (χ4v) is 2.39. The van der Waals surface area contributed by atoms with Gasteiger partial charge in [-0.1, -0.05) is 30.3 Å². The van der Waals surface area contributed by atoms with Crippen molar-refractivity contribution in [3.8, 4) is 0 Å². The minimum absolute atomic E-state index is 0.291. The van der Waals surface area contributed by atoms with Gasteiger partial charge in [-0.15, -0.1) is 0 Å². The summed E-state index contributed by atoms with van der Waals surface area (Å²) in [7, 11) is 0. The van der Waals surface area contributed by atoms with Gasteiger partial charge >= 0.3 is 0 Å². The van der Waals surface area contributed by atoms with Crippen LogP contribution in [0, 0.1) is 5.92 Å². The van der Waals surface area contributed by atoms with Crippen LogP contribution in [0.15, 0.2) is 30.3 Å². The molecular formula is C14H19NO. The van der Waals surface area contributed by atoms with Crippen LogP contribution in [0.3, 0.4) is 0 Å². The maximum atomic E-state index is 10.7. The molecule has 0 aromatic heterocycles. The van der Waals surface area contributed by atoms with E-state index >= 15 is 0 Å². The van der Waals surface area contributed by atoms with E-state index in [2.05, 4.69) is 42.2 Å². The third kappa shape index (κ3) is 2.50. The fraction of sp³-hybridized carbons (Fsp3) is 0.500. The van der Waals surface area contributed by atoms with Gasteiger partial charge in [-0.3, -0.25) is 4.90 Å². The number of nitrogens with zero attached hydrogens (tertiary/aromatic N) is 1. The van der Waals surface area contributed by atoms with E-state index in [0.29, 0.717) is 12.0 Å². The van der Waals surface area contributed by atoms with Crippen LogP contribution >= 0.6 is 0 Å². The minimum atomic E-state index is 0.291. The van der Waals surface area contributed by atoms with Crippen LogP contribution in [-0.2, 0) is 4.79 Å². The van der Waals surface area contributed by atoms with Gasteiger partial charge in [0.1, 0.15) is 6.29 Å². The van der Waals surface area contributed by atoms with Crippen molar-refractivity contribution < 1.29 is 4.79 Å². The highest BCUT2D eigenvalue weighted by Gasteiger charge is 2.22. The monoisotopic (exact) mass is 217 g/mol. The molecule has 1 saturated heterocycles. The summed E-state index contributed by atoms with van der Waals surface area (Å²) in [4.78, 5) is 13.2. The highest BCUT2D eigenvalue weighted by atomic mass is 16.1. The third-order valence-electron chi connectivity index (χ3n) is 3.60. The molecule has 1 atom stereocenters. The first-order valence-corrected chi connectivity index (χ1v) is 6.05. The zero-order valence-electron chi connectivity index (χ0n) is 9.80. The summed E-state index contributed by atoms with van der Waals surface area (Å²) in [5.41, 5.74) is 1.37. The molecule has 1 unspecified atom stereocenters. The standard InChI is InChI=1S/C14H19NO/c1-12(14-5-3-2-4-6-14)15-9-7-13(11-16)8-10-15/h2-6,11-13H,7-10H2,1H3. The maximum absolute atomic E-state index is 10.7. The molecule has 0 amide bonds. The van der Waals surface area contributed by atoms with Crippen molar-refractivity contribution in [2.75, 3.05) is 13.1 Å². The number of aldehydes is 1. The Morgan fingerprint density at radius 3 is 2.44 bits per heavy atom. The Hall–Kier alpha value is -1.15. The molecule has 1 fully saturated rings. The summed E-state index contributed by atoms with van der Waals surface area (Å²) in [5.74, 6) is 0.291. The van der Waals surface area contributed by atoms with Crippen molar-refractivity contribution in [1.82, 2.24) is 4.90 Å². The van der Waals surface area contributed by atoms with Gasteiger partial charge in [0.15, 0.2) is 0 Å². The third-order valence-corrected chi connectivity index (χ3v) is 3.60. The van der Waals surface area contributed by atoms with Gasteiger partial charge in [-0.25, -0.2) is 0 Å². The van der Waals surface area contributed by atoms with E-state index in [1.54, 1.807) is 0 Å². The second-order valence-electron chi connectivity index (χ2n) is 4.60. The molecule has 0 saturated carbocycles. The number of piperidine rings is 1. The van der Waals surface area contributed by atoms with Gasteiger partial charge in [0, 0.05) is 12.0 Å².